The SMILES string of the molecule is CCc1nc2c(C)cc(C)nc2n1Cc1ccc(/C=C/CN2CCN(CC)C(C)C2)cc1.Cl.Cl. The molecule has 1 unspecified atom stereocenters. The predicted octanol–water partition coefficient (Wildman–Crippen LogP) is 5.54. The average Bonchev–Trinajstić information content (AvgIpc) is 3.13. The molecule has 3 heterocycles. The largest absolute Gasteiger partial charge is 0.308 e. The molecule has 34 heavy (non-hydrogen) atoms. The van der Waals surface area contributed by atoms with E-state index in [9.17, 15) is 0 Å². The number of fused-ring (bicyclic) bond motifs is 1. The number of benzene rings is 1. The Morgan fingerprint density at radius 3 is 2.41 bits per heavy atom. The Morgan fingerprint density at radius 1 is 1.03 bits per heavy atom. The van der Waals surface area contributed by atoms with E-state index in [0.29, 0.717) is 6.04 Å². The summed E-state index contributed by atoms with van der Waals surface area (Å²) in [6.45, 7) is 17.4. The summed E-state index contributed by atoms with van der Waals surface area (Å²) in [4.78, 5) is 14.8. The summed E-state index contributed by atoms with van der Waals surface area (Å²) in [5.74, 6) is 1.10. The van der Waals surface area contributed by atoms with E-state index >= 15 is 0 Å². The lowest BCUT2D eigenvalue weighted by atomic mass is 10.1. The van der Waals surface area contributed by atoms with Crippen molar-refractivity contribution in [1.82, 2.24) is 24.3 Å². The summed E-state index contributed by atoms with van der Waals surface area (Å²) >= 11 is 0. The zero-order valence-corrected chi connectivity index (χ0v) is 22.8. The van der Waals surface area contributed by atoms with Crippen molar-refractivity contribution in [2.45, 2.75) is 53.6 Å². The zero-order valence-electron chi connectivity index (χ0n) is 21.1. The molecule has 1 saturated heterocycles. The number of pyridine rings is 1. The molecule has 0 amide bonds. The number of aryl methyl sites for hydroxylation is 3. The minimum absolute atomic E-state index is 0. The Kier molecular flexibility index (Phi) is 10.6. The number of rotatable bonds is 7. The zero-order chi connectivity index (χ0) is 22.7. The molecular weight excluding hydrogens is 465 g/mol. The Morgan fingerprint density at radius 2 is 1.76 bits per heavy atom. The quantitative estimate of drug-likeness (QED) is 0.423. The lowest BCUT2D eigenvalue weighted by Crippen LogP contribution is -2.51. The fourth-order valence-corrected chi connectivity index (χ4v) is 4.85. The summed E-state index contributed by atoms with van der Waals surface area (Å²) < 4.78 is 2.28. The number of halogens is 2. The topological polar surface area (TPSA) is 37.2 Å². The molecule has 0 N–H and O–H groups in total. The fourth-order valence-electron chi connectivity index (χ4n) is 4.85. The van der Waals surface area contributed by atoms with Gasteiger partial charge in [-0.15, -0.1) is 24.8 Å². The summed E-state index contributed by atoms with van der Waals surface area (Å²) in [6.07, 6.45) is 5.46. The maximum Gasteiger partial charge on any atom is 0.160 e. The number of nitrogens with zero attached hydrogens (tertiary/aromatic N) is 5. The van der Waals surface area contributed by atoms with E-state index in [4.69, 9.17) is 9.97 Å². The van der Waals surface area contributed by atoms with Crippen molar-refractivity contribution in [2.24, 2.45) is 0 Å². The molecule has 1 aliphatic heterocycles. The van der Waals surface area contributed by atoms with Crippen LogP contribution in [0.3, 0.4) is 0 Å². The maximum absolute atomic E-state index is 4.87. The van der Waals surface area contributed by atoms with Crippen molar-refractivity contribution in [2.75, 3.05) is 32.7 Å². The van der Waals surface area contributed by atoms with Gasteiger partial charge >= 0.3 is 0 Å². The van der Waals surface area contributed by atoms with E-state index in [2.05, 4.69) is 91.5 Å². The van der Waals surface area contributed by atoms with Gasteiger partial charge in [-0.2, -0.15) is 0 Å². The van der Waals surface area contributed by atoms with Crippen LogP contribution in [0.1, 0.15) is 49.0 Å². The number of piperazine rings is 1. The summed E-state index contributed by atoms with van der Waals surface area (Å²) in [5.41, 5.74) is 6.81. The Bertz CT molecular complexity index is 1090. The lowest BCUT2D eigenvalue weighted by molar-refractivity contribution is 0.0962. The van der Waals surface area contributed by atoms with E-state index in [1.54, 1.807) is 0 Å². The van der Waals surface area contributed by atoms with Crippen molar-refractivity contribution in [3.8, 4) is 0 Å². The fraction of sp³-hybridized carbons (Fsp3) is 0.481. The van der Waals surface area contributed by atoms with Crippen LogP contribution in [0.4, 0.5) is 0 Å². The van der Waals surface area contributed by atoms with Gasteiger partial charge in [0, 0.05) is 44.3 Å². The van der Waals surface area contributed by atoms with Crippen LogP contribution in [0.2, 0.25) is 0 Å². The predicted molar refractivity (Wildman–Crippen MR) is 149 cm³/mol. The first kappa shape index (κ1) is 28.3. The molecule has 0 bridgehead atoms. The molecular formula is C27H39Cl2N5. The van der Waals surface area contributed by atoms with Gasteiger partial charge in [0.15, 0.2) is 5.65 Å². The number of hydrogen-bond acceptors (Lipinski definition) is 4. The van der Waals surface area contributed by atoms with Crippen LogP contribution in [0.25, 0.3) is 17.2 Å². The van der Waals surface area contributed by atoms with Gasteiger partial charge in [-0.05, 0) is 50.1 Å². The van der Waals surface area contributed by atoms with Crippen LogP contribution in [0.5, 0.6) is 0 Å². The second-order valence-corrected chi connectivity index (χ2v) is 9.10. The molecule has 1 atom stereocenters. The van der Waals surface area contributed by atoms with Crippen molar-refractivity contribution in [1.29, 1.82) is 0 Å². The van der Waals surface area contributed by atoms with Gasteiger partial charge in [0.25, 0.3) is 0 Å². The minimum Gasteiger partial charge on any atom is -0.308 e. The molecule has 1 fully saturated rings. The minimum atomic E-state index is 0. The second-order valence-electron chi connectivity index (χ2n) is 9.10. The Labute approximate surface area is 217 Å². The molecule has 7 heteroatoms. The highest BCUT2D eigenvalue weighted by Crippen LogP contribution is 2.21. The van der Waals surface area contributed by atoms with E-state index in [0.717, 1.165) is 61.8 Å². The maximum atomic E-state index is 4.87. The number of aromatic nitrogens is 3. The molecule has 5 nitrogen and oxygen atoms in total. The van der Waals surface area contributed by atoms with Crippen LogP contribution in [0.15, 0.2) is 36.4 Å². The van der Waals surface area contributed by atoms with Crippen molar-refractivity contribution in [3.63, 3.8) is 0 Å². The van der Waals surface area contributed by atoms with Crippen LogP contribution < -0.4 is 0 Å². The molecule has 1 aromatic carbocycles. The molecule has 4 rings (SSSR count). The molecule has 186 valence electrons. The number of hydrogen-bond donors (Lipinski definition) is 0. The Hall–Kier alpha value is -1.92. The van der Waals surface area contributed by atoms with Crippen molar-refractivity contribution >= 4 is 42.1 Å². The number of likely N-dealkylation sites (N-methyl/N-ethyl adjacent to an activating group) is 1. The first-order valence-electron chi connectivity index (χ1n) is 12.0. The average molecular weight is 505 g/mol. The molecule has 0 spiro atoms. The van der Waals surface area contributed by atoms with Crippen LogP contribution in [-0.4, -0.2) is 63.1 Å². The molecule has 0 saturated carbocycles. The number of imidazole rings is 1. The van der Waals surface area contributed by atoms with Gasteiger partial charge in [0.1, 0.15) is 11.3 Å². The van der Waals surface area contributed by atoms with Crippen LogP contribution >= 0.6 is 24.8 Å². The molecule has 3 aromatic rings. The van der Waals surface area contributed by atoms with E-state index in [1.165, 1.54) is 23.2 Å². The van der Waals surface area contributed by atoms with Gasteiger partial charge in [-0.3, -0.25) is 9.80 Å². The third-order valence-electron chi connectivity index (χ3n) is 6.67. The van der Waals surface area contributed by atoms with E-state index in [-0.39, 0.29) is 24.8 Å². The summed E-state index contributed by atoms with van der Waals surface area (Å²) in [6, 6.07) is 11.7. The Balaban J connectivity index is 0.00000204. The summed E-state index contributed by atoms with van der Waals surface area (Å²) in [5, 5.41) is 0. The molecule has 1 aliphatic rings. The van der Waals surface area contributed by atoms with E-state index in [1.807, 2.05) is 0 Å². The third kappa shape index (κ3) is 6.39. The van der Waals surface area contributed by atoms with Crippen molar-refractivity contribution < 1.29 is 0 Å². The van der Waals surface area contributed by atoms with Gasteiger partial charge in [0.2, 0.25) is 0 Å². The van der Waals surface area contributed by atoms with Gasteiger partial charge < -0.3 is 4.57 Å². The lowest BCUT2D eigenvalue weighted by Gasteiger charge is -2.38. The van der Waals surface area contributed by atoms with Crippen molar-refractivity contribution in [3.05, 3.63) is 64.6 Å². The highest BCUT2D eigenvalue weighted by molar-refractivity contribution is 5.85. The van der Waals surface area contributed by atoms with Crippen LogP contribution in [-0.2, 0) is 13.0 Å². The monoisotopic (exact) mass is 503 g/mol. The molecule has 0 radical (unpaired) electrons. The highest BCUT2D eigenvalue weighted by atomic mass is 35.5. The third-order valence-corrected chi connectivity index (χ3v) is 6.67. The molecule has 2 aromatic heterocycles. The standard InChI is InChI=1S/C27H37N5.2ClH/c1-6-25-29-26-20(3)17-21(4)28-27(26)32(25)19-24-12-10-23(11-13-24)9-8-14-30-15-16-31(7-2)22(5)18-30;;/h8-13,17,22H,6-7,14-16,18-19H2,1-5H3;2*1H/b9-8+;;. The first-order valence-corrected chi connectivity index (χ1v) is 12.0. The van der Waals surface area contributed by atoms with Gasteiger partial charge in [0.05, 0.1) is 6.54 Å². The summed E-state index contributed by atoms with van der Waals surface area (Å²) in [7, 11) is 0. The smallest absolute Gasteiger partial charge is 0.160 e. The molecule has 0 aliphatic carbocycles. The highest BCUT2D eigenvalue weighted by Gasteiger charge is 2.21. The van der Waals surface area contributed by atoms with Crippen LogP contribution in [0, 0.1) is 13.8 Å². The van der Waals surface area contributed by atoms with Gasteiger partial charge in [-0.25, -0.2) is 9.97 Å². The second kappa shape index (κ2) is 12.7. The van der Waals surface area contributed by atoms with Gasteiger partial charge in [-0.1, -0.05) is 50.3 Å². The normalized spacial score (nSPS) is 17.1. The first-order chi connectivity index (χ1) is 15.5. The van der Waals surface area contributed by atoms with E-state index < -0.39 is 0 Å².